The van der Waals surface area contributed by atoms with Crippen molar-refractivity contribution in [3.8, 4) is 5.88 Å². The summed E-state index contributed by atoms with van der Waals surface area (Å²) in [6, 6.07) is 1.57. The summed E-state index contributed by atoms with van der Waals surface area (Å²) in [7, 11) is 3.77. The molecule has 1 atom stereocenters. The number of hydrogen-bond donors (Lipinski definition) is 0. The SMILES string of the molecule is CN(C)c1nccnc1OC1CCCN(C(=O)c2ccno2)C1. The monoisotopic (exact) mass is 317 g/mol. The molecule has 23 heavy (non-hydrogen) atoms. The first kappa shape index (κ1) is 15.3. The zero-order valence-electron chi connectivity index (χ0n) is 13.2. The highest BCUT2D eigenvalue weighted by atomic mass is 16.5. The Morgan fingerprint density at radius 2 is 2.17 bits per heavy atom. The first-order valence-electron chi connectivity index (χ1n) is 7.50. The molecule has 0 radical (unpaired) electrons. The van der Waals surface area contributed by atoms with Crippen molar-refractivity contribution in [2.45, 2.75) is 18.9 Å². The molecule has 1 aliphatic heterocycles. The Labute approximate surface area is 134 Å². The fourth-order valence-corrected chi connectivity index (χ4v) is 2.57. The number of ether oxygens (including phenoxy) is 1. The lowest BCUT2D eigenvalue weighted by Gasteiger charge is -2.32. The van der Waals surface area contributed by atoms with Gasteiger partial charge in [0.25, 0.3) is 11.8 Å². The Morgan fingerprint density at radius 1 is 1.35 bits per heavy atom. The molecule has 8 nitrogen and oxygen atoms in total. The third-order valence-electron chi connectivity index (χ3n) is 3.66. The van der Waals surface area contributed by atoms with E-state index in [1.54, 1.807) is 23.4 Å². The summed E-state index contributed by atoms with van der Waals surface area (Å²) in [6.07, 6.45) is 6.30. The molecule has 3 rings (SSSR count). The summed E-state index contributed by atoms with van der Waals surface area (Å²) in [6.45, 7) is 1.17. The summed E-state index contributed by atoms with van der Waals surface area (Å²) < 4.78 is 10.9. The van der Waals surface area contributed by atoms with Crippen LogP contribution in [0.15, 0.2) is 29.2 Å². The molecule has 0 spiro atoms. The van der Waals surface area contributed by atoms with Crippen LogP contribution < -0.4 is 9.64 Å². The van der Waals surface area contributed by atoms with Crippen molar-refractivity contribution in [3.63, 3.8) is 0 Å². The minimum absolute atomic E-state index is 0.119. The van der Waals surface area contributed by atoms with Gasteiger partial charge in [0, 0.05) is 39.1 Å². The van der Waals surface area contributed by atoms with Crippen molar-refractivity contribution in [3.05, 3.63) is 30.4 Å². The van der Waals surface area contributed by atoms with Crippen LogP contribution in [0.25, 0.3) is 0 Å². The number of hydrogen-bond acceptors (Lipinski definition) is 7. The average Bonchev–Trinajstić information content (AvgIpc) is 3.09. The molecule has 3 heterocycles. The topological polar surface area (TPSA) is 84.6 Å². The number of rotatable bonds is 4. The number of likely N-dealkylation sites (tertiary alicyclic amines) is 1. The van der Waals surface area contributed by atoms with Crippen molar-refractivity contribution >= 4 is 11.7 Å². The van der Waals surface area contributed by atoms with Gasteiger partial charge in [0.2, 0.25) is 5.76 Å². The van der Waals surface area contributed by atoms with Crippen LogP contribution in [0.2, 0.25) is 0 Å². The van der Waals surface area contributed by atoms with Crippen molar-refractivity contribution in [2.75, 3.05) is 32.1 Å². The molecule has 8 heteroatoms. The predicted octanol–water partition coefficient (Wildman–Crippen LogP) is 1.21. The van der Waals surface area contributed by atoms with Crippen molar-refractivity contribution in [1.82, 2.24) is 20.0 Å². The normalized spacial score (nSPS) is 17.8. The maximum atomic E-state index is 12.3. The molecule has 1 amide bonds. The smallest absolute Gasteiger partial charge is 0.292 e. The van der Waals surface area contributed by atoms with Gasteiger partial charge < -0.3 is 19.1 Å². The molecule has 1 fully saturated rings. The lowest BCUT2D eigenvalue weighted by molar-refractivity contribution is 0.0493. The Kier molecular flexibility index (Phi) is 4.40. The highest BCUT2D eigenvalue weighted by Gasteiger charge is 2.28. The van der Waals surface area contributed by atoms with E-state index in [2.05, 4.69) is 15.1 Å². The molecule has 2 aromatic rings. The van der Waals surface area contributed by atoms with Gasteiger partial charge in [-0.3, -0.25) is 4.79 Å². The molecule has 0 N–H and O–H groups in total. The second-order valence-corrected chi connectivity index (χ2v) is 5.59. The predicted molar refractivity (Wildman–Crippen MR) is 82.4 cm³/mol. The fourth-order valence-electron chi connectivity index (χ4n) is 2.57. The van der Waals surface area contributed by atoms with Crippen LogP contribution >= 0.6 is 0 Å². The van der Waals surface area contributed by atoms with Crippen LogP contribution in [-0.2, 0) is 0 Å². The largest absolute Gasteiger partial charge is 0.470 e. The quantitative estimate of drug-likeness (QED) is 0.838. The van der Waals surface area contributed by atoms with E-state index < -0.39 is 0 Å². The van der Waals surface area contributed by atoms with Crippen molar-refractivity contribution < 1.29 is 14.1 Å². The van der Waals surface area contributed by atoms with Gasteiger partial charge in [0.05, 0.1) is 12.7 Å². The molecule has 0 aromatic carbocycles. The Balaban J connectivity index is 1.69. The van der Waals surface area contributed by atoms with Gasteiger partial charge in [-0.2, -0.15) is 0 Å². The number of nitrogens with zero attached hydrogens (tertiary/aromatic N) is 5. The van der Waals surface area contributed by atoms with E-state index in [4.69, 9.17) is 9.26 Å². The first-order chi connectivity index (χ1) is 11.1. The lowest BCUT2D eigenvalue weighted by Crippen LogP contribution is -2.44. The van der Waals surface area contributed by atoms with Crippen LogP contribution in [0.3, 0.4) is 0 Å². The summed E-state index contributed by atoms with van der Waals surface area (Å²) in [5, 5.41) is 3.58. The standard InChI is InChI=1S/C15H19N5O3/c1-19(2)13-14(17-8-7-16-13)22-11-4-3-9-20(10-11)15(21)12-5-6-18-23-12/h5-8,11H,3-4,9-10H2,1-2H3. The highest BCUT2D eigenvalue weighted by Crippen LogP contribution is 2.24. The molecule has 0 saturated carbocycles. The van der Waals surface area contributed by atoms with Gasteiger partial charge >= 0.3 is 0 Å². The maximum Gasteiger partial charge on any atom is 0.292 e. The number of anilines is 1. The Bertz CT molecular complexity index is 659. The molecular formula is C15H19N5O3. The van der Waals surface area contributed by atoms with E-state index in [1.807, 2.05) is 19.0 Å². The van der Waals surface area contributed by atoms with Crippen LogP contribution in [0.4, 0.5) is 5.82 Å². The molecule has 0 bridgehead atoms. The van der Waals surface area contributed by atoms with E-state index in [9.17, 15) is 4.79 Å². The highest BCUT2D eigenvalue weighted by molar-refractivity contribution is 5.91. The Hall–Kier alpha value is -2.64. The summed E-state index contributed by atoms with van der Waals surface area (Å²) in [4.78, 5) is 24.4. The van der Waals surface area contributed by atoms with E-state index in [-0.39, 0.29) is 17.8 Å². The third-order valence-corrected chi connectivity index (χ3v) is 3.66. The molecule has 122 valence electrons. The van der Waals surface area contributed by atoms with Crippen LogP contribution in [-0.4, -0.2) is 59.2 Å². The molecular weight excluding hydrogens is 298 g/mol. The van der Waals surface area contributed by atoms with Gasteiger partial charge in [0.1, 0.15) is 6.10 Å². The molecule has 2 aromatic heterocycles. The van der Waals surface area contributed by atoms with Gasteiger partial charge in [-0.25, -0.2) is 9.97 Å². The number of carbonyl (C=O) groups is 1. The molecule has 1 unspecified atom stereocenters. The minimum atomic E-state index is -0.164. The average molecular weight is 317 g/mol. The second-order valence-electron chi connectivity index (χ2n) is 5.59. The Morgan fingerprint density at radius 3 is 2.91 bits per heavy atom. The number of carbonyl (C=O) groups excluding carboxylic acids is 1. The zero-order chi connectivity index (χ0) is 16.2. The van der Waals surface area contributed by atoms with Crippen molar-refractivity contribution in [1.29, 1.82) is 0 Å². The van der Waals surface area contributed by atoms with Gasteiger partial charge in [-0.15, -0.1) is 0 Å². The summed E-state index contributed by atoms with van der Waals surface area (Å²) in [5.74, 6) is 1.24. The van der Waals surface area contributed by atoms with E-state index in [0.29, 0.717) is 24.8 Å². The number of piperidine rings is 1. The second kappa shape index (κ2) is 6.64. The molecule has 1 saturated heterocycles. The van der Waals surface area contributed by atoms with Crippen LogP contribution in [0.5, 0.6) is 5.88 Å². The van der Waals surface area contributed by atoms with Crippen LogP contribution in [0, 0.1) is 0 Å². The minimum Gasteiger partial charge on any atom is -0.470 e. The van der Waals surface area contributed by atoms with Crippen LogP contribution in [0.1, 0.15) is 23.4 Å². The van der Waals surface area contributed by atoms with E-state index in [1.165, 1.54) is 6.20 Å². The fraction of sp³-hybridized carbons (Fsp3) is 0.467. The van der Waals surface area contributed by atoms with E-state index in [0.717, 1.165) is 12.8 Å². The van der Waals surface area contributed by atoms with E-state index >= 15 is 0 Å². The number of amides is 1. The maximum absolute atomic E-state index is 12.3. The summed E-state index contributed by atoms with van der Waals surface area (Å²) in [5.41, 5.74) is 0. The van der Waals surface area contributed by atoms with Gasteiger partial charge in [-0.05, 0) is 12.8 Å². The number of aromatic nitrogens is 3. The third kappa shape index (κ3) is 3.41. The zero-order valence-corrected chi connectivity index (χ0v) is 13.2. The lowest BCUT2D eigenvalue weighted by atomic mass is 10.1. The first-order valence-corrected chi connectivity index (χ1v) is 7.50. The summed E-state index contributed by atoms with van der Waals surface area (Å²) >= 11 is 0. The van der Waals surface area contributed by atoms with Gasteiger partial charge in [0.15, 0.2) is 5.82 Å². The van der Waals surface area contributed by atoms with Crippen molar-refractivity contribution in [2.24, 2.45) is 0 Å². The molecule has 1 aliphatic rings. The van der Waals surface area contributed by atoms with Gasteiger partial charge in [-0.1, -0.05) is 5.16 Å². The molecule has 0 aliphatic carbocycles.